The minimum Gasteiger partial charge on any atom is -0.393 e. The van der Waals surface area contributed by atoms with Crippen LogP contribution in [0.15, 0.2) is 0 Å². The summed E-state index contributed by atoms with van der Waals surface area (Å²) >= 11 is 0. The molecule has 68 valence electrons. The SMILES string of the molecule is CCC(O)CCNC(N)CC. The normalized spacial score (nSPS) is 16.4. The molecule has 0 radical (unpaired) electrons. The molecular formula is C8H20N2O. The fourth-order valence-corrected chi connectivity index (χ4v) is 0.784. The van der Waals surface area contributed by atoms with Crippen molar-refractivity contribution < 1.29 is 5.11 Å². The molecule has 0 aromatic heterocycles. The monoisotopic (exact) mass is 160 g/mol. The third kappa shape index (κ3) is 6.28. The summed E-state index contributed by atoms with van der Waals surface area (Å²) in [6, 6.07) is 0. The maximum atomic E-state index is 9.16. The maximum absolute atomic E-state index is 9.16. The van der Waals surface area contributed by atoms with Crippen molar-refractivity contribution in [1.82, 2.24) is 5.32 Å². The molecule has 0 saturated carbocycles. The summed E-state index contributed by atoms with van der Waals surface area (Å²) in [6.45, 7) is 4.82. The fourth-order valence-electron chi connectivity index (χ4n) is 0.784. The number of aliphatic hydroxyl groups is 1. The number of nitrogens with two attached hydrogens (primary N) is 1. The van der Waals surface area contributed by atoms with Crippen LogP contribution in [0.5, 0.6) is 0 Å². The molecule has 3 nitrogen and oxygen atoms in total. The Balaban J connectivity index is 3.13. The molecule has 0 rings (SSSR count). The summed E-state index contributed by atoms with van der Waals surface area (Å²) in [5.41, 5.74) is 5.61. The van der Waals surface area contributed by atoms with E-state index < -0.39 is 0 Å². The van der Waals surface area contributed by atoms with Gasteiger partial charge in [0.2, 0.25) is 0 Å². The molecule has 0 aliphatic rings. The summed E-state index contributed by atoms with van der Waals surface area (Å²) in [5.74, 6) is 0. The van der Waals surface area contributed by atoms with E-state index in [0.29, 0.717) is 0 Å². The molecule has 2 atom stereocenters. The standard InChI is InChI=1S/C8H20N2O/c1-3-7(11)5-6-10-8(9)4-2/h7-8,10-11H,3-6,9H2,1-2H3. The fraction of sp³-hybridized carbons (Fsp3) is 1.00. The first-order chi connectivity index (χ1) is 5.20. The van der Waals surface area contributed by atoms with Crippen molar-refractivity contribution >= 4 is 0 Å². The van der Waals surface area contributed by atoms with Gasteiger partial charge in [-0.05, 0) is 25.8 Å². The van der Waals surface area contributed by atoms with Gasteiger partial charge in [-0.2, -0.15) is 0 Å². The lowest BCUT2D eigenvalue weighted by Gasteiger charge is -2.12. The summed E-state index contributed by atoms with van der Waals surface area (Å²) in [6.07, 6.45) is 2.46. The molecule has 2 unspecified atom stereocenters. The molecule has 0 bridgehead atoms. The minimum atomic E-state index is -0.174. The van der Waals surface area contributed by atoms with Gasteiger partial charge in [-0.25, -0.2) is 0 Å². The summed E-state index contributed by atoms with van der Waals surface area (Å²) in [4.78, 5) is 0. The van der Waals surface area contributed by atoms with Crippen molar-refractivity contribution in [3.05, 3.63) is 0 Å². The quantitative estimate of drug-likeness (QED) is 0.494. The lowest BCUT2D eigenvalue weighted by Crippen LogP contribution is -2.38. The highest BCUT2D eigenvalue weighted by molar-refractivity contribution is 4.59. The molecule has 4 N–H and O–H groups in total. The van der Waals surface area contributed by atoms with Crippen molar-refractivity contribution in [2.75, 3.05) is 6.54 Å². The van der Waals surface area contributed by atoms with Gasteiger partial charge in [0.05, 0.1) is 12.3 Å². The molecule has 0 fully saturated rings. The Hall–Kier alpha value is -0.120. The molecule has 0 heterocycles. The largest absolute Gasteiger partial charge is 0.393 e. The molecule has 0 saturated heterocycles. The van der Waals surface area contributed by atoms with Crippen LogP contribution in [0.1, 0.15) is 33.1 Å². The van der Waals surface area contributed by atoms with Gasteiger partial charge in [0.25, 0.3) is 0 Å². The second-order valence-corrected chi connectivity index (χ2v) is 2.82. The lowest BCUT2D eigenvalue weighted by atomic mass is 10.2. The Kier molecular flexibility index (Phi) is 6.51. The molecule has 11 heavy (non-hydrogen) atoms. The molecule has 0 aliphatic carbocycles. The van der Waals surface area contributed by atoms with Crippen LogP contribution in [0.4, 0.5) is 0 Å². The van der Waals surface area contributed by atoms with Crippen LogP contribution >= 0.6 is 0 Å². The van der Waals surface area contributed by atoms with Crippen molar-refractivity contribution in [1.29, 1.82) is 0 Å². The molecule has 0 amide bonds. The zero-order valence-corrected chi connectivity index (χ0v) is 7.51. The van der Waals surface area contributed by atoms with E-state index in [1.54, 1.807) is 0 Å². The van der Waals surface area contributed by atoms with Gasteiger partial charge in [0, 0.05) is 0 Å². The van der Waals surface area contributed by atoms with E-state index in [2.05, 4.69) is 5.32 Å². The molecular weight excluding hydrogens is 140 g/mol. The van der Waals surface area contributed by atoms with E-state index in [1.165, 1.54) is 0 Å². The van der Waals surface area contributed by atoms with Crippen LogP contribution in [0, 0.1) is 0 Å². The van der Waals surface area contributed by atoms with Gasteiger partial charge in [-0.15, -0.1) is 0 Å². The van der Waals surface area contributed by atoms with Gasteiger partial charge in [-0.1, -0.05) is 13.8 Å². The zero-order valence-electron chi connectivity index (χ0n) is 7.51. The predicted molar refractivity (Wildman–Crippen MR) is 47.2 cm³/mol. The van der Waals surface area contributed by atoms with Crippen LogP contribution in [-0.2, 0) is 0 Å². The highest BCUT2D eigenvalue weighted by Gasteiger charge is 2.01. The lowest BCUT2D eigenvalue weighted by molar-refractivity contribution is 0.158. The first kappa shape index (κ1) is 10.9. The van der Waals surface area contributed by atoms with Crippen LogP contribution in [0.3, 0.4) is 0 Å². The average Bonchev–Trinajstić information content (AvgIpc) is 2.04. The second-order valence-electron chi connectivity index (χ2n) is 2.82. The summed E-state index contributed by atoms with van der Waals surface area (Å²) in [7, 11) is 0. The highest BCUT2D eigenvalue weighted by atomic mass is 16.3. The van der Waals surface area contributed by atoms with E-state index in [-0.39, 0.29) is 12.3 Å². The van der Waals surface area contributed by atoms with E-state index in [4.69, 9.17) is 10.8 Å². The number of hydrogen-bond donors (Lipinski definition) is 3. The molecule has 3 heteroatoms. The molecule has 0 aliphatic heterocycles. The predicted octanol–water partition coefficient (Wildman–Crippen LogP) is 0.432. The zero-order chi connectivity index (χ0) is 8.69. The van der Waals surface area contributed by atoms with E-state index in [9.17, 15) is 0 Å². The maximum Gasteiger partial charge on any atom is 0.0549 e. The van der Waals surface area contributed by atoms with Crippen LogP contribution < -0.4 is 11.1 Å². The number of nitrogens with one attached hydrogen (secondary N) is 1. The first-order valence-corrected chi connectivity index (χ1v) is 4.37. The van der Waals surface area contributed by atoms with Crippen molar-refractivity contribution in [3.63, 3.8) is 0 Å². The van der Waals surface area contributed by atoms with Crippen LogP contribution in [0.25, 0.3) is 0 Å². The molecule has 0 aromatic rings. The second kappa shape index (κ2) is 6.58. The smallest absolute Gasteiger partial charge is 0.0549 e. The van der Waals surface area contributed by atoms with Crippen molar-refractivity contribution in [3.8, 4) is 0 Å². The average molecular weight is 160 g/mol. The topological polar surface area (TPSA) is 58.3 Å². The minimum absolute atomic E-state index is 0.0825. The summed E-state index contributed by atoms with van der Waals surface area (Å²) in [5, 5.41) is 12.3. The van der Waals surface area contributed by atoms with E-state index in [1.807, 2.05) is 13.8 Å². The van der Waals surface area contributed by atoms with Gasteiger partial charge in [-0.3, -0.25) is 0 Å². The van der Waals surface area contributed by atoms with Crippen LogP contribution in [-0.4, -0.2) is 23.9 Å². The molecule has 0 aromatic carbocycles. The molecule has 0 spiro atoms. The first-order valence-electron chi connectivity index (χ1n) is 4.37. The third-order valence-corrected chi connectivity index (χ3v) is 1.80. The van der Waals surface area contributed by atoms with Gasteiger partial charge >= 0.3 is 0 Å². The Morgan fingerprint density at radius 2 is 2.00 bits per heavy atom. The Morgan fingerprint density at radius 3 is 2.45 bits per heavy atom. The summed E-state index contributed by atoms with van der Waals surface area (Å²) < 4.78 is 0. The number of hydrogen-bond acceptors (Lipinski definition) is 3. The third-order valence-electron chi connectivity index (χ3n) is 1.80. The number of rotatable bonds is 6. The van der Waals surface area contributed by atoms with Gasteiger partial charge in [0.15, 0.2) is 0 Å². The van der Waals surface area contributed by atoms with Crippen molar-refractivity contribution in [2.45, 2.75) is 45.4 Å². The van der Waals surface area contributed by atoms with Gasteiger partial charge < -0.3 is 16.2 Å². The highest BCUT2D eigenvalue weighted by Crippen LogP contribution is 1.94. The van der Waals surface area contributed by atoms with E-state index in [0.717, 1.165) is 25.8 Å². The van der Waals surface area contributed by atoms with Crippen molar-refractivity contribution in [2.24, 2.45) is 5.73 Å². The van der Waals surface area contributed by atoms with Crippen LogP contribution in [0.2, 0.25) is 0 Å². The van der Waals surface area contributed by atoms with E-state index >= 15 is 0 Å². The number of aliphatic hydroxyl groups excluding tert-OH is 1. The Labute approximate surface area is 69.0 Å². The Bertz CT molecular complexity index is 78.2. The van der Waals surface area contributed by atoms with Gasteiger partial charge in [0.1, 0.15) is 0 Å². The Morgan fingerprint density at radius 1 is 1.36 bits per heavy atom.